The first-order chi connectivity index (χ1) is 11.1. The molecule has 0 atom stereocenters. The van der Waals surface area contributed by atoms with Gasteiger partial charge in [0, 0.05) is 0 Å². The van der Waals surface area contributed by atoms with Crippen molar-refractivity contribution in [1.29, 1.82) is 0 Å². The summed E-state index contributed by atoms with van der Waals surface area (Å²) < 4.78 is 175. The molecule has 0 aliphatic carbocycles. The standard InChI is InChI=1S/2Cr.3H2O7S2/c;;3*1-8(2,3)7-9(4,5)6/h;;3*(H,1,2,3)(H,4,5,6)/q2*+3;;;/p-6. The van der Waals surface area contributed by atoms with Gasteiger partial charge >= 0.3 is 34.7 Å². The van der Waals surface area contributed by atoms with Crippen molar-refractivity contribution in [1.82, 2.24) is 0 Å². The maximum absolute atomic E-state index is 9.29. The van der Waals surface area contributed by atoms with Crippen molar-refractivity contribution in [3.63, 3.8) is 0 Å². The Morgan fingerprint density at radius 2 is 0.379 bits per heavy atom. The van der Waals surface area contributed by atoms with E-state index in [1.807, 2.05) is 0 Å². The van der Waals surface area contributed by atoms with Gasteiger partial charge in [-0.05, 0) is 0 Å². The average Bonchev–Trinajstić information content (AvgIpc) is 1.96. The van der Waals surface area contributed by atoms with Crippen molar-refractivity contribution in [3.05, 3.63) is 0 Å². The summed E-state index contributed by atoms with van der Waals surface area (Å²) in [4.78, 5) is 0. The van der Waals surface area contributed by atoms with Gasteiger partial charge in [0.15, 0.2) is 0 Å². The van der Waals surface area contributed by atoms with Gasteiger partial charge in [-0.3, -0.25) is 0 Å². The third-order valence-corrected chi connectivity index (χ3v) is 4.50. The van der Waals surface area contributed by atoms with E-state index in [4.69, 9.17) is 0 Å². The van der Waals surface area contributed by atoms with Crippen LogP contribution in [0, 0.1) is 0 Å². The zero-order valence-electron chi connectivity index (χ0n) is 11.8. The molecule has 0 saturated heterocycles. The van der Waals surface area contributed by atoms with E-state index in [0.717, 1.165) is 0 Å². The molecule has 0 amide bonds. The molecule has 0 aromatic heterocycles. The maximum Gasteiger partial charge on any atom is 3.00 e. The molecule has 0 fully saturated rings. The predicted molar refractivity (Wildman–Crippen MR) is 61.4 cm³/mol. The molecule has 0 aromatic rings. The van der Waals surface area contributed by atoms with Crippen molar-refractivity contribution < 1.29 is 123 Å². The van der Waals surface area contributed by atoms with Crippen LogP contribution in [0.2, 0.25) is 0 Å². The fraction of sp³-hybridized carbons (Fsp3) is 0. The van der Waals surface area contributed by atoms with Crippen LogP contribution >= 0.6 is 0 Å². The summed E-state index contributed by atoms with van der Waals surface area (Å²) in [5, 5.41) is 0. The van der Waals surface area contributed by atoms with E-state index in [1.54, 1.807) is 0 Å². The molecule has 174 valence electrons. The van der Waals surface area contributed by atoms with Crippen LogP contribution in [0.25, 0.3) is 0 Å². The Kier molecular flexibility index (Phi) is 18.9. The quantitative estimate of drug-likeness (QED) is 0.194. The van der Waals surface area contributed by atoms with Gasteiger partial charge in [0.25, 0.3) is 0 Å². The van der Waals surface area contributed by atoms with Crippen LogP contribution in [0.3, 0.4) is 0 Å². The summed E-state index contributed by atoms with van der Waals surface area (Å²) in [5.74, 6) is 0. The molecule has 0 aromatic carbocycles. The summed E-state index contributed by atoms with van der Waals surface area (Å²) in [6.07, 6.45) is 0. The van der Waals surface area contributed by atoms with Crippen LogP contribution in [0.4, 0.5) is 0 Å². The van der Waals surface area contributed by atoms with E-state index in [-0.39, 0.29) is 34.7 Å². The van der Waals surface area contributed by atoms with Gasteiger partial charge in [-0.2, -0.15) is 10.9 Å². The molecular formula is Cr2O21S6. The Labute approximate surface area is 184 Å². The third-order valence-electron chi connectivity index (χ3n) is 0.500. The van der Waals surface area contributed by atoms with Crippen molar-refractivity contribution in [3.8, 4) is 0 Å². The van der Waals surface area contributed by atoms with Crippen LogP contribution in [0.5, 0.6) is 0 Å². The van der Waals surface area contributed by atoms with Gasteiger partial charge in [0.1, 0.15) is 0 Å². The van der Waals surface area contributed by atoms with Crippen LogP contribution in [-0.4, -0.2) is 77.8 Å². The first-order valence-corrected chi connectivity index (χ1v) is 12.0. The van der Waals surface area contributed by atoms with E-state index in [9.17, 15) is 77.8 Å². The molecule has 21 nitrogen and oxygen atoms in total. The molecule has 29 heavy (non-hydrogen) atoms. The Bertz CT molecular complexity index is 854. The van der Waals surface area contributed by atoms with Gasteiger partial charge in [0.05, 0.1) is 0 Å². The van der Waals surface area contributed by atoms with Gasteiger partial charge in [0.2, 0.25) is 62.4 Å². The fourth-order valence-corrected chi connectivity index (χ4v) is 2.76. The molecule has 0 saturated carbocycles. The Balaban J connectivity index is -0.0000000960. The van der Waals surface area contributed by atoms with Crippen molar-refractivity contribution in [2.24, 2.45) is 0 Å². The van der Waals surface area contributed by atoms with Gasteiger partial charge in [-0.25, -0.2) is 50.5 Å². The van der Waals surface area contributed by atoms with Crippen molar-refractivity contribution in [2.75, 3.05) is 0 Å². The second-order valence-electron chi connectivity index (χ2n) is 2.65. The molecule has 0 bridgehead atoms. The van der Waals surface area contributed by atoms with E-state index in [0.29, 0.717) is 0 Å². The summed E-state index contributed by atoms with van der Waals surface area (Å²) in [5.41, 5.74) is 0. The molecular weight excluding hydrogens is 632 g/mol. The molecule has 0 heterocycles. The van der Waals surface area contributed by atoms with E-state index in [2.05, 4.69) is 10.9 Å². The fourth-order valence-electron chi connectivity index (χ4n) is 0.306. The number of hydrogen-bond acceptors (Lipinski definition) is 21. The Hall–Kier alpha value is 0.405. The molecule has 2 radical (unpaired) electrons. The van der Waals surface area contributed by atoms with Gasteiger partial charge in [-0.15, -0.1) is 0 Å². The van der Waals surface area contributed by atoms with Gasteiger partial charge in [-0.1, -0.05) is 0 Å². The van der Waals surface area contributed by atoms with Gasteiger partial charge < -0.3 is 27.3 Å². The van der Waals surface area contributed by atoms with Crippen LogP contribution in [0.1, 0.15) is 0 Å². The Morgan fingerprint density at radius 1 is 0.310 bits per heavy atom. The van der Waals surface area contributed by atoms with Crippen LogP contribution in [-0.2, 0) is 108 Å². The first-order valence-electron chi connectivity index (χ1n) is 4.00. The first kappa shape index (κ1) is 39.8. The molecule has 0 aliphatic heterocycles. The number of rotatable bonds is 6. The van der Waals surface area contributed by atoms with Crippen LogP contribution in [0.15, 0.2) is 0 Å². The summed E-state index contributed by atoms with van der Waals surface area (Å²) in [7, 11) is -32.6. The maximum atomic E-state index is 9.29. The SMILES string of the molecule is O=S(=O)([O-])OS(=O)(=O)[O-].O=S(=O)([O-])OS(=O)(=O)[O-].O=S(=O)([O-])OS(=O)(=O)[O-].[Cr+3].[Cr+3]. The zero-order valence-corrected chi connectivity index (χ0v) is 19.3. The minimum Gasteiger partial charge on any atom is -0.725 e. The molecule has 0 rings (SSSR count). The molecule has 0 N–H and O–H groups in total. The van der Waals surface area contributed by atoms with E-state index < -0.39 is 62.4 Å². The molecule has 0 spiro atoms. The molecule has 0 aliphatic rings. The van der Waals surface area contributed by atoms with Crippen molar-refractivity contribution in [2.45, 2.75) is 0 Å². The third kappa shape index (κ3) is 58.5. The topological polar surface area (TPSA) is 371 Å². The zero-order chi connectivity index (χ0) is 23.1. The summed E-state index contributed by atoms with van der Waals surface area (Å²) in [6.45, 7) is 0. The summed E-state index contributed by atoms with van der Waals surface area (Å²) in [6, 6.07) is 0. The second-order valence-corrected chi connectivity index (χ2v) is 9.19. The van der Waals surface area contributed by atoms with E-state index in [1.165, 1.54) is 0 Å². The minimum absolute atomic E-state index is 0. The van der Waals surface area contributed by atoms with Crippen LogP contribution < -0.4 is 0 Å². The monoisotopic (exact) mass is 632 g/mol. The largest absolute Gasteiger partial charge is 3.00 e. The van der Waals surface area contributed by atoms with Crippen molar-refractivity contribution >= 4 is 62.4 Å². The smallest absolute Gasteiger partial charge is 0.725 e. The Morgan fingerprint density at radius 3 is 0.379 bits per heavy atom. The molecule has 29 heteroatoms. The second kappa shape index (κ2) is 13.7. The average molecular weight is 632 g/mol. The van der Waals surface area contributed by atoms with E-state index >= 15 is 0 Å². The molecule has 0 unspecified atom stereocenters. The summed E-state index contributed by atoms with van der Waals surface area (Å²) >= 11 is 0. The number of hydrogen-bond donors (Lipinski definition) is 0. The predicted octanol–water partition coefficient (Wildman–Crippen LogP) is -6.23. The minimum atomic E-state index is -5.43. The normalized spacial score (nSPS) is 12.6.